The molecule has 1 nitrogen and oxygen atoms in total. The Labute approximate surface area is 125 Å². The van der Waals surface area contributed by atoms with Gasteiger partial charge in [0, 0.05) is 6.04 Å². The van der Waals surface area contributed by atoms with Crippen LogP contribution < -0.4 is 0 Å². The van der Waals surface area contributed by atoms with Crippen LogP contribution in [0.25, 0.3) is 0 Å². The fourth-order valence-electron chi connectivity index (χ4n) is 3.31. The van der Waals surface area contributed by atoms with Gasteiger partial charge in [-0.3, -0.25) is 0 Å². The minimum absolute atomic E-state index is 0.822. The molecule has 0 bridgehead atoms. The summed E-state index contributed by atoms with van der Waals surface area (Å²) in [6.45, 7) is 9.50. The third-order valence-electron chi connectivity index (χ3n) is 4.59. The first-order valence-electron chi connectivity index (χ1n) is 8.45. The molecule has 0 radical (unpaired) electrons. The van der Waals surface area contributed by atoms with Crippen molar-refractivity contribution in [3.63, 3.8) is 0 Å². The smallest absolute Gasteiger partial charge is 0.00984 e. The number of nitrogens with zero attached hydrogens (tertiary/aromatic N) is 1. The molecule has 0 amide bonds. The van der Waals surface area contributed by atoms with Gasteiger partial charge in [0.15, 0.2) is 0 Å². The maximum absolute atomic E-state index is 2.76. The summed E-state index contributed by atoms with van der Waals surface area (Å²) >= 11 is 0. The molecule has 2 rings (SSSR count). The van der Waals surface area contributed by atoms with E-state index in [9.17, 15) is 0 Å². The highest BCUT2D eigenvalue weighted by Crippen LogP contribution is 2.22. The van der Waals surface area contributed by atoms with Gasteiger partial charge in [-0.15, -0.1) is 0 Å². The molecule has 1 aromatic rings. The van der Waals surface area contributed by atoms with Gasteiger partial charge in [-0.25, -0.2) is 0 Å². The van der Waals surface area contributed by atoms with Crippen molar-refractivity contribution in [1.82, 2.24) is 4.90 Å². The summed E-state index contributed by atoms with van der Waals surface area (Å²) in [5.74, 6) is 0.828. The molecule has 0 aromatic heterocycles. The minimum atomic E-state index is 0.822. The van der Waals surface area contributed by atoms with Crippen molar-refractivity contribution in [2.45, 2.75) is 65.3 Å². The predicted octanol–water partition coefficient (Wildman–Crippen LogP) is 4.83. The van der Waals surface area contributed by atoms with Crippen LogP contribution >= 0.6 is 0 Å². The van der Waals surface area contributed by atoms with Crippen molar-refractivity contribution in [1.29, 1.82) is 0 Å². The third kappa shape index (κ3) is 4.94. The van der Waals surface area contributed by atoms with Crippen LogP contribution in [0.5, 0.6) is 0 Å². The minimum Gasteiger partial charge on any atom is -0.300 e. The second-order valence-electron chi connectivity index (χ2n) is 6.90. The third-order valence-corrected chi connectivity index (χ3v) is 4.59. The van der Waals surface area contributed by atoms with E-state index >= 15 is 0 Å². The van der Waals surface area contributed by atoms with Gasteiger partial charge < -0.3 is 4.90 Å². The highest BCUT2D eigenvalue weighted by atomic mass is 15.2. The van der Waals surface area contributed by atoms with E-state index in [1.807, 2.05) is 0 Å². The zero-order valence-corrected chi connectivity index (χ0v) is 13.6. The molecule has 1 heterocycles. The SMILES string of the molecule is Cc1cccc(CCC2CCCCN2CCC(C)C)c1. The molecule has 1 fully saturated rings. The highest BCUT2D eigenvalue weighted by molar-refractivity contribution is 5.22. The topological polar surface area (TPSA) is 3.24 Å². The van der Waals surface area contributed by atoms with Crippen molar-refractivity contribution in [2.75, 3.05) is 13.1 Å². The number of likely N-dealkylation sites (tertiary alicyclic amines) is 1. The Morgan fingerprint density at radius 3 is 2.85 bits per heavy atom. The van der Waals surface area contributed by atoms with Crippen molar-refractivity contribution >= 4 is 0 Å². The Kier molecular flexibility index (Phi) is 6.09. The van der Waals surface area contributed by atoms with Gasteiger partial charge in [0.2, 0.25) is 0 Å². The maximum atomic E-state index is 2.76. The lowest BCUT2D eigenvalue weighted by molar-refractivity contribution is 0.133. The predicted molar refractivity (Wildman–Crippen MR) is 88.2 cm³/mol. The van der Waals surface area contributed by atoms with E-state index in [0.29, 0.717) is 0 Å². The van der Waals surface area contributed by atoms with Crippen LogP contribution in [0.4, 0.5) is 0 Å². The number of benzene rings is 1. The lowest BCUT2D eigenvalue weighted by atomic mass is 9.94. The molecule has 1 aliphatic heterocycles. The Morgan fingerprint density at radius 2 is 2.10 bits per heavy atom. The largest absolute Gasteiger partial charge is 0.300 e. The van der Waals surface area contributed by atoms with Crippen molar-refractivity contribution in [2.24, 2.45) is 5.92 Å². The zero-order chi connectivity index (χ0) is 14.4. The number of hydrogen-bond acceptors (Lipinski definition) is 1. The second kappa shape index (κ2) is 7.83. The fourth-order valence-corrected chi connectivity index (χ4v) is 3.31. The van der Waals surface area contributed by atoms with Gasteiger partial charge in [0.25, 0.3) is 0 Å². The second-order valence-corrected chi connectivity index (χ2v) is 6.90. The zero-order valence-electron chi connectivity index (χ0n) is 13.6. The first-order chi connectivity index (χ1) is 9.65. The van der Waals surface area contributed by atoms with Gasteiger partial charge >= 0.3 is 0 Å². The summed E-state index contributed by atoms with van der Waals surface area (Å²) < 4.78 is 0. The monoisotopic (exact) mass is 273 g/mol. The van der Waals surface area contributed by atoms with Crippen molar-refractivity contribution in [3.8, 4) is 0 Å². The van der Waals surface area contributed by atoms with Crippen LogP contribution in [0.2, 0.25) is 0 Å². The Morgan fingerprint density at radius 1 is 1.25 bits per heavy atom. The van der Waals surface area contributed by atoms with E-state index in [4.69, 9.17) is 0 Å². The van der Waals surface area contributed by atoms with E-state index in [2.05, 4.69) is 49.9 Å². The molecule has 1 unspecified atom stereocenters. The fraction of sp³-hybridized carbons (Fsp3) is 0.684. The molecular formula is C19H31N. The van der Waals surface area contributed by atoms with E-state index < -0.39 is 0 Å². The molecule has 0 spiro atoms. The molecule has 0 N–H and O–H groups in total. The van der Waals surface area contributed by atoms with Gasteiger partial charge in [-0.2, -0.15) is 0 Å². The summed E-state index contributed by atoms with van der Waals surface area (Å²) in [7, 11) is 0. The van der Waals surface area contributed by atoms with Gasteiger partial charge in [0.1, 0.15) is 0 Å². The lowest BCUT2D eigenvalue weighted by Gasteiger charge is -2.36. The maximum Gasteiger partial charge on any atom is 0.00984 e. The summed E-state index contributed by atoms with van der Waals surface area (Å²) in [6.07, 6.45) is 8.16. The van der Waals surface area contributed by atoms with Crippen LogP contribution in [-0.2, 0) is 6.42 Å². The van der Waals surface area contributed by atoms with E-state index in [0.717, 1.165) is 12.0 Å². The van der Waals surface area contributed by atoms with Crippen LogP contribution in [0.3, 0.4) is 0 Å². The van der Waals surface area contributed by atoms with Crippen LogP contribution in [-0.4, -0.2) is 24.0 Å². The molecular weight excluding hydrogens is 242 g/mol. The normalized spacial score (nSPS) is 20.5. The first kappa shape index (κ1) is 15.6. The van der Waals surface area contributed by atoms with Gasteiger partial charge in [0.05, 0.1) is 0 Å². The summed E-state index contributed by atoms with van der Waals surface area (Å²) in [5.41, 5.74) is 2.90. The lowest BCUT2D eigenvalue weighted by Crippen LogP contribution is -2.40. The number of piperidine rings is 1. The average molecular weight is 273 g/mol. The van der Waals surface area contributed by atoms with E-state index in [-0.39, 0.29) is 0 Å². The molecule has 20 heavy (non-hydrogen) atoms. The van der Waals surface area contributed by atoms with Crippen LogP contribution in [0, 0.1) is 12.8 Å². The Bertz CT molecular complexity index is 397. The first-order valence-corrected chi connectivity index (χ1v) is 8.45. The van der Waals surface area contributed by atoms with Crippen molar-refractivity contribution in [3.05, 3.63) is 35.4 Å². The highest BCUT2D eigenvalue weighted by Gasteiger charge is 2.21. The quantitative estimate of drug-likeness (QED) is 0.717. The number of hydrogen-bond donors (Lipinski definition) is 0. The Hall–Kier alpha value is -0.820. The van der Waals surface area contributed by atoms with Crippen molar-refractivity contribution < 1.29 is 0 Å². The number of rotatable bonds is 6. The molecule has 1 saturated heterocycles. The van der Waals surface area contributed by atoms with Crippen LogP contribution in [0.15, 0.2) is 24.3 Å². The summed E-state index contributed by atoms with van der Waals surface area (Å²) in [5, 5.41) is 0. The van der Waals surface area contributed by atoms with Gasteiger partial charge in [-0.05, 0) is 63.6 Å². The molecule has 1 heteroatoms. The molecule has 1 aromatic carbocycles. The summed E-state index contributed by atoms with van der Waals surface area (Å²) in [6, 6.07) is 9.85. The average Bonchev–Trinajstić information content (AvgIpc) is 2.44. The van der Waals surface area contributed by atoms with Gasteiger partial charge in [-0.1, -0.05) is 50.1 Å². The summed E-state index contributed by atoms with van der Waals surface area (Å²) in [4.78, 5) is 2.76. The molecule has 1 atom stereocenters. The van der Waals surface area contributed by atoms with Crippen LogP contribution in [0.1, 0.15) is 57.1 Å². The van der Waals surface area contributed by atoms with E-state index in [1.165, 1.54) is 62.7 Å². The molecule has 0 aliphatic carbocycles. The molecule has 112 valence electrons. The van der Waals surface area contributed by atoms with E-state index in [1.54, 1.807) is 0 Å². The number of aryl methyl sites for hydroxylation is 2. The molecule has 0 saturated carbocycles. The Balaban J connectivity index is 1.85. The molecule has 1 aliphatic rings. The standard InChI is InChI=1S/C19H31N/c1-16(2)12-14-20-13-5-4-9-19(20)11-10-18-8-6-7-17(3)15-18/h6-8,15-16,19H,4-5,9-14H2,1-3H3.